The second-order valence-electron chi connectivity index (χ2n) is 25.9. The highest BCUT2D eigenvalue weighted by molar-refractivity contribution is 7.98. The predicted molar refractivity (Wildman–Crippen MR) is 379 cm³/mol. The third-order valence-corrected chi connectivity index (χ3v) is 18.2. The monoisotopic (exact) mass is 1430 g/mol. The smallest absolute Gasteiger partial charge is 0.326 e. The number of aliphatic hydroxyl groups is 1. The van der Waals surface area contributed by atoms with Crippen LogP contribution < -0.4 is 76.9 Å². The molecule has 558 valence electrons. The fourth-order valence-electron chi connectivity index (χ4n) is 12.4. The fourth-order valence-corrected chi connectivity index (χ4v) is 12.8. The Bertz CT molecular complexity index is 3160. The number of unbranched alkanes of at least 4 members (excludes halogenated alkanes) is 1. The molecule has 0 saturated carbocycles. The maximum absolute atomic E-state index is 14.8. The van der Waals surface area contributed by atoms with Crippen LogP contribution in [-0.2, 0) is 70.4 Å². The van der Waals surface area contributed by atoms with Crippen molar-refractivity contribution in [3.05, 3.63) is 71.8 Å². The van der Waals surface area contributed by atoms with Gasteiger partial charge in [0.05, 0.1) is 19.2 Å². The number of carboxylic acid groups (broad SMARTS) is 1. The Balaban J connectivity index is 1.26. The molecular formula is C67H105N19O14S. The number of carboxylic acids is 1. The molecule has 2 aromatic rings. The Labute approximate surface area is 593 Å². The molecule has 0 aliphatic carbocycles. The van der Waals surface area contributed by atoms with Gasteiger partial charge in [-0.05, 0) is 132 Å². The van der Waals surface area contributed by atoms with Crippen LogP contribution in [0.5, 0.6) is 0 Å². The first kappa shape index (κ1) is 82.5. The molecule has 11 atom stereocenters. The van der Waals surface area contributed by atoms with E-state index >= 15 is 0 Å². The van der Waals surface area contributed by atoms with Crippen LogP contribution in [0.3, 0.4) is 0 Å². The van der Waals surface area contributed by atoms with Gasteiger partial charge in [-0.25, -0.2) is 4.79 Å². The number of likely N-dealkylation sites (tertiary alicyclic amines) is 3. The summed E-state index contributed by atoms with van der Waals surface area (Å²) >= 11 is 1.46. The van der Waals surface area contributed by atoms with Crippen LogP contribution in [0.25, 0.3) is 0 Å². The van der Waals surface area contributed by atoms with Crippen molar-refractivity contribution >= 4 is 94.6 Å². The zero-order chi connectivity index (χ0) is 74.1. The molecule has 3 fully saturated rings. The molecule has 0 radical (unpaired) electrons. The standard InChI is InChI=1S/C67H105N19O14S/c1-40(2)35-43(69)55(89)78-45(27-34-101-3)57(91)79-44(21-10-11-28-68)56(90)80-46(22-12-29-74-66(70)71)62(96)86-33-16-26-53(86)64(98)85-32-14-24-51(85)60(94)76-38-54(88)77-48(36-41-17-6-4-7-18-41)58(92)83-50(39-87)63(97)84-31-15-25-52(84)61(95)82-49(37-42-19-8-5-9-20-42)59(93)81-47(65(99)100)23-13-30-75-67(72)73/h4-9,17-20,40,43-53,87H,10-16,21-39,68-69H2,1-3H3,(H,76,94)(H,77,88)(H,78,89)(H,79,91)(H,80,90)(H,81,93)(H,82,95)(H,83,92)(H,99,100)(H4,70,71,74)(H4,72,73,75)/t43-,44-,45?,46-,47-,48-,49-,50-,51-,52-,53-/m0/s1. The average molecular weight is 1430 g/mol. The van der Waals surface area contributed by atoms with Crippen molar-refractivity contribution in [3.63, 3.8) is 0 Å². The Morgan fingerprint density at radius 1 is 0.535 bits per heavy atom. The van der Waals surface area contributed by atoms with E-state index in [1.165, 1.54) is 26.5 Å². The first-order chi connectivity index (χ1) is 48.3. The minimum atomic E-state index is -1.64. The molecule has 33 nitrogen and oxygen atoms in total. The maximum Gasteiger partial charge on any atom is 0.326 e. The largest absolute Gasteiger partial charge is 0.480 e. The number of benzene rings is 2. The summed E-state index contributed by atoms with van der Waals surface area (Å²) < 4.78 is 0. The molecule has 0 bridgehead atoms. The summed E-state index contributed by atoms with van der Waals surface area (Å²) in [6.07, 6.45) is 5.38. The van der Waals surface area contributed by atoms with Crippen molar-refractivity contribution in [1.29, 1.82) is 0 Å². The molecule has 34 heteroatoms. The van der Waals surface area contributed by atoms with Gasteiger partial charge in [0.25, 0.3) is 0 Å². The van der Waals surface area contributed by atoms with E-state index in [0.29, 0.717) is 61.9 Å². The summed E-state index contributed by atoms with van der Waals surface area (Å²) in [6, 6.07) is 3.79. The summed E-state index contributed by atoms with van der Waals surface area (Å²) in [4.78, 5) is 180. The molecule has 1 unspecified atom stereocenters. The molecule has 3 aliphatic heterocycles. The van der Waals surface area contributed by atoms with E-state index in [2.05, 4.69) is 52.5 Å². The second-order valence-corrected chi connectivity index (χ2v) is 26.9. The van der Waals surface area contributed by atoms with Gasteiger partial charge in [-0.1, -0.05) is 74.5 Å². The SMILES string of the molecule is CSCCC(NC(=O)[C@@H](N)CC(C)C)C(=O)N[C@@H](CCCCN)C(=O)N[C@@H](CCCN=C(N)N)C(=O)N1CCC[C@H]1C(=O)N1CCC[C@H]1C(=O)NCC(=O)N[C@@H](Cc1ccccc1)C(=O)N[C@@H](CO)C(=O)N1CCC[C@H]1C(=O)N[C@@H](Cc1ccccc1)C(=O)N[C@@H](CCCN=C(N)N)C(=O)O. The van der Waals surface area contributed by atoms with Crippen molar-refractivity contribution in [1.82, 2.24) is 57.2 Å². The van der Waals surface area contributed by atoms with Gasteiger partial charge in [0, 0.05) is 45.6 Å². The highest BCUT2D eigenvalue weighted by Crippen LogP contribution is 2.27. The van der Waals surface area contributed by atoms with Crippen molar-refractivity contribution in [3.8, 4) is 0 Å². The molecule has 0 spiro atoms. The van der Waals surface area contributed by atoms with E-state index in [0.717, 1.165) is 0 Å². The van der Waals surface area contributed by atoms with Crippen molar-refractivity contribution in [2.45, 2.75) is 189 Å². The predicted octanol–water partition coefficient (Wildman–Crippen LogP) is -3.61. The molecule has 5 rings (SSSR count). The van der Waals surface area contributed by atoms with Gasteiger partial charge in [0.2, 0.25) is 65.0 Å². The zero-order valence-corrected chi connectivity index (χ0v) is 58.8. The quantitative estimate of drug-likeness (QED) is 0.0173. The van der Waals surface area contributed by atoms with Crippen molar-refractivity contribution in [2.24, 2.45) is 50.3 Å². The first-order valence-corrected chi connectivity index (χ1v) is 35.9. The number of nitrogens with one attached hydrogen (secondary N) is 8. The van der Waals surface area contributed by atoms with Crippen molar-refractivity contribution in [2.75, 3.05) is 64.4 Å². The molecule has 3 aliphatic rings. The van der Waals surface area contributed by atoms with Gasteiger partial charge in [-0.3, -0.25) is 62.7 Å². The van der Waals surface area contributed by atoms with Crippen LogP contribution in [0, 0.1) is 5.92 Å². The lowest BCUT2D eigenvalue weighted by molar-refractivity contribution is -0.148. The lowest BCUT2D eigenvalue weighted by Gasteiger charge is -2.33. The van der Waals surface area contributed by atoms with E-state index in [-0.39, 0.29) is 121 Å². The molecule has 3 heterocycles. The lowest BCUT2D eigenvalue weighted by atomic mass is 10.0. The molecule has 2 aromatic carbocycles. The maximum atomic E-state index is 14.8. The third kappa shape index (κ3) is 27.0. The number of amides is 11. The zero-order valence-electron chi connectivity index (χ0n) is 58.0. The number of aliphatic carboxylic acids is 1. The number of aliphatic imine (C=N–C) groups is 2. The topological polar surface area (TPSA) is 532 Å². The summed E-state index contributed by atoms with van der Waals surface area (Å²) in [5.74, 6) is -8.93. The number of guanidine groups is 2. The average Bonchev–Trinajstić information content (AvgIpc) is 1.68. The molecule has 101 heavy (non-hydrogen) atoms. The Morgan fingerprint density at radius 2 is 0.980 bits per heavy atom. The number of carbonyl (C=O) groups is 12. The van der Waals surface area contributed by atoms with Crippen molar-refractivity contribution < 1.29 is 67.7 Å². The van der Waals surface area contributed by atoms with Gasteiger partial charge in [0.15, 0.2) is 11.9 Å². The van der Waals surface area contributed by atoms with E-state index in [9.17, 15) is 67.7 Å². The minimum absolute atomic E-state index is 0.0143. The molecule has 3 saturated heterocycles. The van der Waals surface area contributed by atoms with Gasteiger partial charge >= 0.3 is 5.97 Å². The van der Waals surface area contributed by atoms with E-state index in [4.69, 9.17) is 34.4 Å². The van der Waals surface area contributed by atoms with Gasteiger partial charge in [-0.15, -0.1) is 0 Å². The number of hydrogen-bond acceptors (Lipinski definition) is 18. The third-order valence-electron chi connectivity index (χ3n) is 17.6. The molecular weight excluding hydrogens is 1330 g/mol. The van der Waals surface area contributed by atoms with Gasteiger partial charge < -0.3 is 102 Å². The second kappa shape index (κ2) is 42.8. The van der Waals surface area contributed by atoms with Gasteiger partial charge in [0.1, 0.15) is 60.4 Å². The number of nitrogens with zero attached hydrogens (tertiary/aromatic N) is 5. The Hall–Kier alpha value is -9.15. The van der Waals surface area contributed by atoms with Gasteiger partial charge in [-0.2, -0.15) is 11.8 Å². The number of carbonyl (C=O) groups excluding carboxylic acids is 11. The van der Waals surface area contributed by atoms with E-state index in [1.54, 1.807) is 60.7 Å². The minimum Gasteiger partial charge on any atom is -0.480 e. The fraction of sp³-hybridized carbons (Fsp3) is 0.612. The number of aliphatic hydroxyl groups excluding tert-OH is 1. The number of hydrogen-bond donors (Lipinski definition) is 16. The molecule has 11 amide bonds. The van der Waals surface area contributed by atoms with E-state index in [1.807, 2.05) is 20.1 Å². The van der Waals surface area contributed by atoms with Crippen LogP contribution in [0.4, 0.5) is 0 Å². The number of rotatable bonds is 42. The Morgan fingerprint density at radius 3 is 1.50 bits per heavy atom. The highest BCUT2D eigenvalue weighted by atomic mass is 32.2. The lowest BCUT2D eigenvalue weighted by Crippen LogP contribution is -2.60. The molecule has 0 aromatic heterocycles. The van der Waals surface area contributed by atoms with Crippen LogP contribution >= 0.6 is 11.8 Å². The van der Waals surface area contributed by atoms with Crippen LogP contribution in [-0.4, -0.2) is 239 Å². The first-order valence-electron chi connectivity index (χ1n) is 34.5. The molecule has 22 N–H and O–H groups in total. The normalized spacial score (nSPS) is 18.0. The summed E-state index contributed by atoms with van der Waals surface area (Å²) in [5, 5.41) is 41.9. The van der Waals surface area contributed by atoms with E-state index < -0.39 is 151 Å². The van der Waals surface area contributed by atoms with Crippen LogP contribution in [0.15, 0.2) is 70.6 Å². The highest BCUT2D eigenvalue weighted by Gasteiger charge is 2.45. The number of nitrogens with two attached hydrogens (primary N) is 6. The van der Waals surface area contributed by atoms with Crippen LogP contribution in [0.1, 0.15) is 121 Å². The van der Waals surface area contributed by atoms with Crippen LogP contribution in [0.2, 0.25) is 0 Å². The summed E-state index contributed by atoms with van der Waals surface area (Å²) in [7, 11) is 0. The summed E-state index contributed by atoms with van der Waals surface area (Å²) in [6.45, 7) is 2.99. The Kier molecular flexibility index (Phi) is 35.0. The summed E-state index contributed by atoms with van der Waals surface area (Å²) in [5.41, 5.74) is 35.2. The number of thioether (sulfide) groups is 1.